The largest absolute Gasteiger partial charge is 0.416 e. The first-order chi connectivity index (χ1) is 14.2. The smallest absolute Gasteiger partial charge is 0.356 e. The number of aliphatic imine (C=N–C) groups is 1. The van der Waals surface area contributed by atoms with E-state index in [9.17, 15) is 13.2 Å². The quantitative estimate of drug-likeness (QED) is 0.317. The summed E-state index contributed by atoms with van der Waals surface area (Å²) >= 11 is 0. The van der Waals surface area contributed by atoms with E-state index >= 15 is 0 Å². The van der Waals surface area contributed by atoms with Gasteiger partial charge in [-0.15, -0.1) is 24.0 Å². The highest BCUT2D eigenvalue weighted by Gasteiger charge is 2.40. The highest BCUT2D eigenvalue weighted by molar-refractivity contribution is 14.0. The molecule has 0 unspecified atom stereocenters. The average Bonchev–Trinajstić information content (AvgIpc) is 2.91. The predicted octanol–water partition coefficient (Wildman–Crippen LogP) is 4.50. The molecule has 1 saturated carbocycles. The summed E-state index contributed by atoms with van der Waals surface area (Å²) in [5, 5.41) is 11.1. The first kappa shape index (κ1) is 25.5. The van der Waals surface area contributed by atoms with Crippen LogP contribution in [0.25, 0.3) is 0 Å². The van der Waals surface area contributed by atoms with Gasteiger partial charge in [0, 0.05) is 38.3 Å². The Hall–Kier alpha value is -1.78. The molecule has 1 aliphatic carbocycles. The van der Waals surface area contributed by atoms with E-state index in [1.807, 2.05) is 18.7 Å². The summed E-state index contributed by atoms with van der Waals surface area (Å²) in [6, 6.07) is 5.74. The Labute approximate surface area is 198 Å². The molecule has 0 saturated heterocycles. The molecular weight excluding hydrogens is 518 g/mol. The van der Waals surface area contributed by atoms with Gasteiger partial charge in [-0.05, 0) is 50.3 Å². The zero-order chi connectivity index (χ0) is 21.9. The third-order valence-corrected chi connectivity index (χ3v) is 6.26. The summed E-state index contributed by atoms with van der Waals surface area (Å²) < 4.78 is 41.3. The maximum atomic E-state index is 13.1. The number of nitrogens with one attached hydrogen (secondary N) is 2. The van der Waals surface area contributed by atoms with Gasteiger partial charge in [0.25, 0.3) is 0 Å². The van der Waals surface area contributed by atoms with Crippen molar-refractivity contribution in [2.24, 2.45) is 12.0 Å². The van der Waals surface area contributed by atoms with Crippen LogP contribution in [0.2, 0.25) is 0 Å². The Morgan fingerprint density at radius 1 is 1.23 bits per heavy atom. The molecule has 2 aromatic rings. The van der Waals surface area contributed by atoms with E-state index < -0.39 is 11.7 Å². The van der Waals surface area contributed by atoms with E-state index in [1.54, 1.807) is 13.1 Å². The lowest BCUT2D eigenvalue weighted by molar-refractivity contribution is -0.137. The first-order valence-electron chi connectivity index (χ1n) is 10.3. The molecule has 3 rings (SSSR count). The van der Waals surface area contributed by atoms with E-state index in [2.05, 4.69) is 27.6 Å². The van der Waals surface area contributed by atoms with Crippen LogP contribution in [0.1, 0.15) is 47.3 Å². The average molecular weight is 549 g/mol. The van der Waals surface area contributed by atoms with Crippen molar-refractivity contribution in [3.05, 3.63) is 52.3 Å². The molecule has 0 radical (unpaired) electrons. The van der Waals surface area contributed by atoms with Crippen LogP contribution in [0.5, 0.6) is 0 Å². The number of aryl methyl sites for hydroxylation is 2. The number of hydrogen-bond acceptors (Lipinski definition) is 2. The van der Waals surface area contributed by atoms with Crippen LogP contribution < -0.4 is 10.6 Å². The summed E-state index contributed by atoms with van der Waals surface area (Å²) in [5.41, 5.74) is 3.27. The van der Waals surface area contributed by atoms with Crippen LogP contribution in [0, 0.1) is 13.8 Å². The lowest BCUT2D eigenvalue weighted by atomic mass is 9.64. The number of aromatic nitrogens is 2. The third kappa shape index (κ3) is 5.72. The number of hydrogen-bond donors (Lipinski definition) is 2. The molecule has 5 nitrogen and oxygen atoms in total. The molecule has 172 valence electrons. The second kappa shape index (κ2) is 10.2. The monoisotopic (exact) mass is 549 g/mol. The minimum atomic E-state index is -4.32. The molecular formula is C22H31F3IN5. The van der Waals surface area contributed by atoms with Gasteiger partial charge in [-0.2, -0.15) is 18.3 Å². The molecule has 0 aliphatic heterocycles. The normalized spacial score (nSPS) is 15.8. The van der Waals surface area contributed by atoms with Gasteiger partial charge in [0.1, 0.15) is 0 Å². The van der Waals surface area contributed by atoms with Crippen LogP contribution in [0.3, 0.4) is 0 Å². The maximum absolute atomic E-state index is 13.1. The number of nitrogens with zero attached hydrogens (tertiary/aromatic N) is 3. The summed E-state index contributed by atoms with van der Waals surface area (Å²) in [6.45, 7) is 5.31. The molecule has 1 heterocycles. The molecule has 0 atom stereocenters. The van der Waals surface area contributed by atoms with Gasteiger partial charge in [0.15, 0.2) is 5.96 Å². The topological polar surface area (TPSA) is 54.2 Å². The van der Waals surface area contributed by atoms with Crippen LogP contribution >= 0.6 is 24.0 Å². The van der Waals surface area contributed by atoms with Crippen molar-refractivity contribution < 1.29 is 13.2 Å². The fraction of sp³-hybridized carbons (Fsp3) is 0.545. The number of alkyl halides is 3. The number of rotatable bonds is 6. The molecule has 31 heavy (non-hydrogen) atoms. The Bertz CT molecular complexity index is 916. The standard InChI is InChI=1S/C22H30F3N5.HI/c1-15-19(16(2)30(4)29-15)9-12-27-20(26-3)28-14-21(10-6-11-21)17-7-5-8-18(13-17)22(23,24)25;/h5,7-8,13H,6,9-12,14H2,1-4H3,(H2,26,27,28);1H. The zero-order valence-electron chi connectivity index (χ0n) is 18.4. The molecule has 1 aromatic heterocycles. The van der Waals surface area contributed by atoms with Crippen molar-refractivity contribution in [1.29, 1.82) is 0 Å². The van der Waals surface area contributed by atoms with Crippen LogP contribution in [-0.4, -0.2) is 35.9 Å². The zero-order valence-corrected chi connectivity index (χ0v) is 20.8. The molecule has 0 bridgehead atoms. The Balaban J connectivity index is 0.00000341. The van der Waals surface area contributed by atoms with Gasteiger partial charge in [0.05, 0.1) is 11.3 Å². The minimum Gasteiger partial charge on any atom is -0.356 e. The SMILES string of the molecule is CN=C(NCCc1c(C)nn(C)c1C)NCC1(c2cccc(C(F)(F)F)c2)CCC1.I. The summed E-state index contributed by atoms with van der Waals surface area (Å²) in [7, 11) is 3.64. The summed E-state index contributed by atoms with van der Waals surface area (Å²) in [6.07, 6.45) is -0.748. The molecule has 1 fully saturated rings. The van der Waals surface area contributed by atoms with Crippen molar-refractivity contribution in [3.63, 3.8) is 0 Å². The molecule has 2 N–H and O–H groups in total. The van der Waals surface area contributed by atoms with Gasteiger partial charge in [-0.1, -0.05) is 24.6 Å². The molecule has 1 aliphatic rings. The van der Waals surface area contributed by atoms with E-state index in [4.69, 9.17) is 0 Å². The Morgan fingerprint density at radius 3 is 2.45 bits per heavy atom. The van der Waals surface area contributed by atoms with Gasteiger partial charge >= 0.3 is 6.18 Å². The fourth-order valence-corrected chi connectivity index (χ4v) is 4.16. The van der Waals surface area contributed by atoms with E-state index in [1.165, 1.54) is 17.7 Å². The maximum Gasteiger partial charge on any atom is 0.416 e. The first-order valence-corrected chi connectivity index (χ1v) is 10.3. The van der Waals surface area contributed by atoms with E-state index in [0.717, 1.165) is 48.7 Å². The minimum absolute atomic E-state index is 0. The van der Waals surface area contributed by atoms with Crippen molar-refractivity contribution in [2.45, 2.75) is 51.1 Å². The van der Waals surface area contributed by atoms with E-state index in [0.29, 0.717) is 19.0 Å². The second-order valence-electron chi connectivity index (χ2n) is 8.09. The van der Waals surface area contributed by atoms with Gasteiger partial charge < -0.3 is 10.6 Å². The van der Waals surface area contributed by atoms with E-state index in [-0.39, 0.29) is 29.4 Å². The molecule has 1 aromatic carbocycles. The van der Waals surface area contributed by atoms with Crippen molar-refractivity contribution >= 4 is 29.9 Å². The lowest BCUT2D eigenvalue weighted by Crippen LogP contribution is -2.49. The number of benzene rings is 1. The third-order valence-electron chi connectivity index (χ3n) is 6.26. The van der Waals surface area contributed by atoms with Crippen LogP contribution in [-0.2, 0) is 25.1 Å². The van der Waals surface area contributed by atoms with Crippen molar-refractivity contribution in [3.8, 4) is 0 Å². The van der Waals surface area contributed by atoms with Crippen LogP contribution in [0.4, 0.5) is 13.2 Å². The van der Waals surface area contributed by atoms with Crippen LogP contribution in [0.15, 0.2) is 29.3 Å². The fourth-order valence-electron chi connectivity index (χ4n) is 4.16. The molecule has 9 heteroatoms. The summed E-state index contributed by atoms with van der Waals surface area (Å²) in [4.78, 5) is 4.27. The number of guanidine groups is 1. The van der Waals surface area contributed by atoms with Gasteiger partial charge in [-0.3, -0.25) is 9.67 Å². The highest BCUT2D eigenvalue weighted by Crippen LogP contribution is 2.44. The number of halogens is 4. The van der Waals surface area contributed by atoms with Gasteiger partial charge in [0.2, 0.25) is 0 Å². The highest BCUT2D eigenvalue weighted by atomic mass is 127. The second-order valence-corrected chi connectivity index (χ2v) is 8.09. The van der Waals surface area contributed by atoms with Gasteiger partial charge in [-0.25, -0.2) is 0 Å². The molecule has 0 spiro atoms. The van der Waals surface area contributed by atoms with Crippen molar-refractivity contribution in [2.75, 3.05) is 20.1 Å². The molecule has 0 amide bonds. The predicted molar refractivity (Wildman–Crippen MR) is 128 cm³/mol. The van der Waals surface area contributed by atoms with Crippen molar-refractivity contribution in [1.82, 2.24) is 20.4 Å². The Morgan fingerprint density at radius 2 is 1.94 bits per heavy atom. The summed E-state index contributed by atoms with van der Waals surface area (Å²) in [5.74, 6) is 0.660. The lowest BCUT2D eigenvalue weighted by Gasteiger charge is -2.43. The Kier molecular flexibility index (Phi) is 8.40.